The van der Waals surface area contributed by atoms with Crippen LogP contribution >= 0.6 is 34.2 Å². The molecule has 3 nitrogen and oxygen atoms in total. The van der Waals surface area contributed by atoms with E-state index in [-0.39, 0.29) is 0 Å². The van der Waals surface area contributed by atoms with Crippen LogP contribution < -0.4 is 5.32 Å². The summed E-state index contributed by atoms with van der Waals surface area (Å²) in [4.78, 5) is 4.19. The molecule has 0 amide bonds. The van der Waals surface area contributed by atoms with Gasteiger partial charge in [0, 0.05) is 28.0 Å². The lowest BCUT2D eigenvalue weighted by molar-refractivity contribution is 1.05. The molecule has 0 fully saturated rings. The molecule has 15 heavy (non-hydrogen) atoms. The molecular formula is C10H9ClIN3. The average Bonchev–Trinajstić information content (AvgIpc) is 2.65. The molecule has 1 heterocycles. The fraction of sp³-hybridized carbons (Fsp3) is 0.100. The van der Waals surface area contributed by atoms with Crippen LogP contribution in [0.3, 0.4) is 0 Å². The number of halogens is 2. The molecule has 0 saturated carbocycles. The summed E-state index contributed by atoms with van der Waals surface area (Å²) >= 11 is 8.17. The second kappa shape index (κ2) is 4.40. The van der Waals surface area contributed by atoms with E-state index < -0.39 is 0 Å². The Labute approximate surface area is 107 Å². The fourth-order valence-corrected chi connectivity index (χ4v) is 2.49. The van der Waals surface area contributed by atoms with Crippen molar-refractivity contribution in [3.63, 3.8) is 0 Å². The van der Waals surface area contributed by atoms with E-state index in [0.717, 1.165) is 20.2 Å². The van der Waals surface area contributed by atoms with Crippen molar-refractivity contribution in [2.45, 2.75) is 0 Å². The summed E-state index contributed by atoms with van der Waals surface area (Å²) in [5.74, 6) is 0.815. The van der Waals surface area contributed by atoms with Crippen molar-refractivity contribution in [2.24, 2.45) is 0 Å². The number of aromatic nitrogens is 2. The Morgan fingerprint density at radius 2 is 2.27 bits per heavy atom. The summed E-state index contributed by atoms with van der Waals surface area (Å²) < 4.78 is 3.08. The van der Waals surface area contributed by atoms with Gasteiger partial charge in [0.05, 0.1) is 5.69 Å². The molecule has 0 aliphatic heterocycles. The second-order valence-corrected chi connectivity index (χ2v) is 4.57. The lowest BCUT2D eigenvalue weighted by Crippen LogP contribution is -2.02. The third-order valence-corrected chi connectivity index (χ3v) is 3.13. The van der Waals surface area contributed by atoms with Crippen LogP contribution in [0.15, 0.2) is 30.6 Å². The summed E-state index contributed by atoms with van der Waals surface area (Å²) in [5, 5.41) is 3.78. The molecule has 78 valence electrons. The maximum Gasteiger partial charge on any atom is 0.207 e. The first-order chi connectivity index (χ1) is 7.22. The van der Waals surface area contributed by atoms with Crippen LogP contribution in [0, 0.1) is 3.57 Å². The maximum absolute atomic E-state index is 5.91. The van der Waals surface area contributed by atoms with E-state index in [2.05, 4.69) is 32.9 Å². The van der Waals surface area contributed by atoms with E-state index in [1.54, 1.807) is 6.20 Å². The number of hydrogen-bond donors (Lipinski definition) is 1. The number of hydrogen-bond acceptors (Lipinski definition) is 2. The van der Waals surface area contributed by atoms with Gasteiger partial charge in [-0.15, -0.1) is 0 Å². The van der Waals surface area contributed by atoms with Gasteiger partial charge in [0.25, 0.3) is 0 Å². The Morgan fingerprint density at radius 3 is 2.93 bits per heavy atom. The molecule has 0 radical (unpaired) electrons. The average molecular weight is 334 g/mol. The molecule has 5 heteroatoms. The smallest absolute Gasteiger partial charge is 0.207 e. The van der Waals surface area contributed by atoms with E-state index in [0.29, 0.717) is 0 Å². The topological polar surface area (TPSA) is 29.9 Å². The zero-order chi connectivity index (χ0) is 10.8. The molecule has 0 bridgehead atoms. The first-order valence-corrected chi connectivity index (χ1v) is 5.84. The Balaban J connectivity index is 2.54. The minimum atomic E-state index is 0.745. The lowest BCUT2D eigenvalue weighted by atomic mass is 10.3. The molecule has 0 aliphatic carbocycles. The quantitative estimate of drug-likeness (QED) is 0.856. The van der Waals surface area contributed by atoms with Crippen molar-refractivity contribution in [3.05, 3.63) is 39.2 Å². The lowest BCUT2D eigenvalue weighted by Gasteiger charge is -2.09. The molecule has 0 aliphatic rings. The minimum Gasteiger partial charge on any atom is -0.358 e. The number of nitrogens with zero attached hydrogens (tertiary/aromatic N) is 2. The first kappa shape index (κ1) is 10.8. The summed E-state index contributed by atoms with van der Waals surface area (Å²) in [7, 11) is 1.85. The van der Waals surface area contributed by atoms with Crippen molar-refractivity contribution in [2.75, 3.05) is 12.4 Å². The number of imidazole rings is 1. The normalized spacial score (nSPS) is 10.3. The van der Waals surface area contributed by atoms with Crippen LogP contribution in [0.1, 0.15) is 0 Å². The maximum atomic E-state index is 5.91. The van der Waals surface area contributed by atoms with Gasteiger partial charge in [-0.2, -0.15) is 0 Å². The van der Waals surface area contributed by atoms with Crippen molar-refractivity contribution < 1.29 is 0 Å². The first-order valence-electron chi connectivity index (χ1n) is 4.39. The standard InChI is InChI=1S/C10H9ClIN3/c1-13-10-14-4-5-15(10)9-3-2-7(11)6-8(9)12/h2-6H,1H3,(H,13,14). The number of rotatable bonds is 2. The summed E-state index contributed by atoms with van der Waals surface area (Å²) in [6, 6.07) is 5.78. The van der Waals surface area contributed by atoms with Crippen LogP contribution in [0.2, 0.25) is 5.02 Å². The highest BCUT2D eigenvalue weighted by Crippen LogP contribution is 2.23. The van der Waals surface area contributed by atoms with Gasteiger partial charge in [0.2, 0.25) is 5.95 Å². The molecule has 0 unspecified atom stereocenters. The van der Waals surface area contributed by atoms with E-state index in [9.17, 15) is 0 Å². The number of anilines is 1. The highest BCUT2D eigenvalue weighted by molar-refractivity contribution is 14.1. The predicted octanol–water partition coefficient (Wildman–Crippen LogP) is 3.17. The molecule has 0 saturated heterocycles. The Bertz CT molecular complexity index is 481. The molecule has 1 N–H and O–H groups in total. The van der Waals surface area contributed by atoms with Crippen molar-refractivity contribution in [3.8, 4) is 5.69 Å². The van der Waals surface area contributed by atoms with Crippen LogP contribution in [0.4, 0.5) is 5.95 Å². The number of benzene rings is 1. The Hall–Kier alpha value is -0.750. The molecular weight excluding hydrogens is 324 g/mol. The predicted molar refractivity (Wildman–Crippen MR) is 70.8 cm³/mol. The highest BCUT2D eigenvalue weighted by atomic mass is 127. The summed E-state index contributed by atoms with van der Waals surface area (Å²) in [6.07, 6.45) is 3.67. The second-order valence-electron chi connectivity index (χ2n) is 2.97. The fourth-order valence-electron chi connectivity index (χ4n) is 1.36. The monoisotopic (exact) mass is 333 g/mol. The van der Waals surface area contributed by atoms with Gasteiger partial charge in [-0.25, -0.2) is 4.98 Å². The third kappa shape index (κ3) is 2.10. The van der Waals surface area contributed by atoms with Crippen molar-refractivity contribution in [1.82, 2.24) is 9.55 Å². The van der Waals surface area contributed by atoms with Crippen LogP contribution in [-0.2, 0) is 0 Å². The molecule has 0 atom stereocenters. The zero-order valence-corrected chi connectivity index (χ0v) is 11.0. The molecule has 1 aromatic carbocycles. The highest BCUT2D eigenvalue weighted by Gasteiger charge is 2.06. The van der Waals surface area contributed by atoms with Crippen molar-refractivity contribution in [1.29, 1.82) is 0 Å². The van der Waals surface area contributed by atoms with E-state index in [4.69, 9.17) is 11.6 Å². The van der Waals surface area contributed by atoms with Crippen molar-refractivity contribution >= 4 is 40.1 Å². The van der Waals surface area contributed by atoms with E-state index in [1.165, 1.54) is 0 Å². The Morgan fingerprint density at radius 1 is 1.47 bits per heavy atom. The van der Waals surface area contributed by atoms with Crippen LogP contribution in [-0.4, -0.2) is 16.6 Å². The SMILES string of the molecule is CNc1nccn1-c1ccc(Cl)cc1I. The van der Waals surface area contributed by atoms with Gasteiger partial charge < -0.3 is 5.32 Å². The molecule has 1 aromatic heterocycles. The largest absolute Gasteiger partial charge is 0.358 e. The third-order valence-electron chi connectivity index (χ3n) is 2.03. The molecule has 2 rings (SSSR count). The summed E-state index contributed by atoms with van der Waals surface area (Å²) in [6.45, 7) is 0. The van der Waals surface area contributed by atoms with E-state index in [1.807, 2.05) is 36.0 Å². The summed E-state index contributed by atoms with van der Waals surface area (Å²) in [5.41, 5.74) is 1.07. The van der Waals surface area contributed by atoms with Gasteiger partial charge >= 0.3 is 0 Å². The Kier molecular flexibility index (Phi) is 3.16. The van der Waals surface area contributed by atoms with Gasteiger partial charge in [-0.05, 0) is 40.8 Å². The van der Waals surface area contributed by atoms with E-state index >= 15 is 0 Å². The molecule has 2 aromatic rings. The number of nitrogens with one attached hydrogen (secondary N) is 1. The van der Waals surface area contributed by atoms with Gasteiger partial charge in [0.1, 0.15) is 0 Å². The van der Waals surface area contributed by atoms with Gasteiger partial charge in [-0.3, -0.25) is 4.57 Å². The van der Waals surface area contributed by atoms with Gasteiger partial charge in [0.15, 0.2) is 0 Å². The van der Waals surface area contributed by atoms with Gasteiger partial charge in [-0.1, -0.05) is 11.6 Å². The molecule has 0 spiro atoms. The van der Waals surface area contributed by atoms with Crippen LogP contribution in [0.5, 0.6) is 0 Å². The minimum absolute atomic E-state index is 0.745. The zero-order valence-electron chi connectivity index (χ0n) is 8.04. The van der Waals surface area contributed by atoms with Crippen LogP contribution in [0.25, 0.3) is 5.69 Å².